The molecule has 0 aliphatic heterocycles. The number of anilines is 2. The van der Waals surface area contributed by atoms with Crippen LogP contribution in [0.5, 0.6) is 0 Å². The Balaban J connectivity index is 1.58. The highest BCUT2D eigenvalue weighted by molar-refractivity contribution is 5.94. The van der Waals surface area contributed by atoms with Crippen molar-refractivity contribution in [3.63, 3.8) is 0 Å². The number of nitrogens with two attached hydrogens (primary N) is 1. The second-order valence-corrected chi connectivity index (χ2v) is 6.95. The lowest BCUT2D eigenvalue weighted by Gasteiger charge is -2.44. The first-order valence-corrected chi connectivity index (χ1v) is 8.26. The third kappa shape index (κ3) is 2.13. The fourth-order valence-electron chi connectivity index (χ4n) is 4.41. The number of rotatable bonds is 3. The molecule has 0 amide bonds. The van der Waals surface area contributed by atoms with Crippen LogP contribution in [0, 0.1) is 17.2 Å². The predicted molar refractivity (Wildman–Crippen MR) is 88.2 cm³/mol. The lowest BCUT2D eigenvalue weighted by Crippen LogP contribution is -2.36. The van der Waals surface area contributed by atoms with E-state index < -0.39 is 0 Å². The molecule has 1 atom stereocenters. The van der Waals surface area contributed by atoms with Crippen LogP contribution in [-0.2, 0) is 0 Å². The number of fused-ring (bicyclic) bond motifs is 1. The van der Waals surface area contributed by atoms with Crippen LogP contribution in [0.15, 0.2) is 24.4 Å². The summed E-state index contributed by atoms with van der Waals surface area (Å²) in [4.78, 5) is 4.26. The van der Waals surface area contributed by atoms with Crippen LogP contribution in [0.1, 0.15) is 38.5 Å². The van der Waals surface area contributed by atoms with Crippen molar-refractivity contribution in [3.8, 4) is 0 Å². The molecule has 3 N–H and O–H groups in total. The fraction of sp³-hybridized carbons (Fsp3) is 0.500. The molecule has 2 aliphatic rings. The molecule has 22 heavy (non-hydrogen) atoms. The van der Waals surface area contributed by atoms with Crippen molar-refractivity contribution < 1.29 is 4.39 Å². The van der Waals surface area contributed by atoms with Gasteiger partial charge in [-0.25, -0.2) is 9.37 Å². The second kappa shape index (κ2) is 5.11. The van der Waals surface area contributed by atoms with E-state index in [2.05, 4.69) is 10.3 Å². The van der Waals surface area contributed by atoms with Gasteiger partial charge in [0.05, 0.1) is 6.20 Å². The molecule has 4 rings (SSSR count). The van der Waals surface area contributed by atoms with E-state index in [0.29, 0.717) is 16.5 Å². The summed E-state index contributed by atoms with van der Waals surface area (Å²) in [7, 11) is 0. The lowest BCUT2D eigenvalue weighted by atomic mass is 9.62. The molecule has 4 heteroatoms. The van der Waals surface area contributed by atoms with E-state index in [0.717, 1.165) is 23.7 Å². The van der Waals surface area contributed by atoms with E-state index in [-0.39, 0.29) is 5.82 Å². The number of pyridine rings is 1. The van der Waals surface area contributed by atoms with Crippen molar-refractivity contribution in [2.75, 3.05) is 17.6 Å². The minimum Gasteiger partial charge on any atom is -0.399 e. The Hall–Kier alpha value is -1.84. The molecule has 1 aromatic heterocycles. The van der Waals surface area contributed by atoms with Crippen molar-refractivity contribution in [2.45, 2.75) is 38.5 Å². The first-order valence-electron chi connectivity index (χ1n) is 8.26. The van der Waals surface area contributed by atoms with Gasteiger partial charge >= 0.3 is 0 Å². The topological polar surface area (TPSA) is 50.9 Å². The van der Waals surface area contributed by atoms with Crippen LogP contribution in [0.3, 0.4) is 0 Å². The van der Waals surface area contributed by atoms with Crippen LogP contribution in [-0.4, -0.2) is 11.5 Å². The Kier molecular flexibility index (Phi) is 3.21. The predicted octanol–water partition coefficient (Wildman–Crippen LogP) is 4.34. The van der Waals surface area contributed by atoms with Gasteiger partial charge in [0.25, 0.3) is 0 Å². The van der Waals surface area contributed by atoms with Crippen LogP contribution in [0.2, 0.25) is 0 Å². The van der Waals surface area contributed by atoms with E-state index >= 15 is 0 Å². The Bertz CT molecular complexity index is 709. The van der Waals surface area contributed by atoms with Crippen molar-refractivity contribution >= 4 is 22.3 Å². The summed E-state index contributed by atoms with van der Waals surface area (Å²) in [5.41, 5.74) is 6.94. The summed E-state index contributed by atoms with van der Waals surface area (Å²) in [6, 6.07) is 5.34. The van der Waals surface area contributed by atoms with Crippen molar-refractivity contribution in [2.24, 2.45) is 11.3 Å². The molecule has 1 unspecified atom stereocenters. The molecule has 1 heterocycles. The van der Waals surface area contributed by atoms with E-state index in [4.69, 9.17) is 5.73 Å². The van der Waals surface area contributed by atoms with Gasteiger partial charge in [-0.1, -0.05) is 12.8 Å². The number of hydrogen-bond donors (Lipinski definition) is 2. The summed E-state index contributed by atoms with van der Waals surface area (Å²) < 4.78 is 13.9. The minimum atomic E-state index is -0.316. The first-order chi connectivity index (χ1) is 10.7. The number of nitrogens with zero attached hydrogens (tertiary/aromatic N) is 1. The normalized spacial score (nSPS) is 22.9. The molecule has 1 aromatic carbocycles. The van der Waals surface area contributed by atoms with E-state index in [1.54, 1.807) is 12.1 Å². The van der Waals surface area contributed by atoms with Crippen molar-refractivity contribution in [1.82, 2.24) is 4.98 Å². The van der Waals surface area contributed by atoms with Crippen LogP contribution >= 0.6 is 0 Å². The number of halogens is 1. The third-order valence-electron chi connectivity index (χ3n) is 5.82. The van der Waals surface area contributed by atoms with Crippen LogP contribution in [0.25, 0.3) is 10.8 Å². The van der Waals surface area contributed by atoms with Crippen LogP contribution in [0.4, 0.5) is 15.9 Å². The van der Waals surface area contributed by atoms with Gasteiger partial charge in [0.15, 0.2) is 0 Å². The number of benzene rings is 1. The highest BCUT2D eigenvalue weighted by Crippen LogP contribution is 2.56. The quantitative estimate of drug-likeness (QED) is 0.829. The standard InChI is InChI=1S/C18H22FN3/c19-16-11-22-17(14-5-4-13(20)9-15(14)16)21-10-12-3-1-6-18(12)7-2-8-18/h4-5,9,11-12H,1-3,6-8,10,20H2,(H,21,22). The number of aromatic nitrogens is 1. The van der Waals surface area contributed by atoms with Gasteiger partial charge in [-0.15, -0.1) is 0 Å². The summed E-state index contributed by atoms with van der Waals surface area (Å²) in [6.07, 6.45) is 9.47. The molecule has 3 nitrogen and oxygen atoms in total. The van der Waals surface area contributed by atoms with E-state index in [1.165, 1.54) is 44.7 Å². The molecule has 0 bridgehead atoms. The van der Waals surface area contributed by atoms with Crippen molar-refractivity contribution in [1.29, 1.82) is 0 Å². The minimum absolute atomic E-state index is 0.316. The SMILES string of the molecule is Nc1ccc2c(NCC3CCCC34CCC4)ncc(F)c2c1. The third-order valence-corrected chi connectivity index (χ3v) is 5.82. The average Bonchev–Trinajstić information content (AvgIpc) is 2.91. The van der Waals surface area contributed by atoms with Crippen molar-refractivity contribution in [3.05, 3.63) is 30.2 Å². The van der Waals surface area contributed by atoms with Gasteiger partial charge in [0, 0.05) is 23.0 Å². The fourth-order valence-corrected chi connectivity index (χ4v) is 4.41. The Morgan fingerprint density at radius 2 is 2.05 bits per heavy atom. The molecule has 0 saturated heterocycles. The van der Waals surface area contributed by atoms with E-state index in [1.807, 2.05) is 6.07 Å². The number of nitrogens with one attached hydrogen (secondary N) is 1. The average molecular weight is 299 g/mol. The van der Waals surface area contributed by atoms with Gasteiger partial charge in [-0.05, 0) is 55.2 Å². The first kappa shape index (κ1) is 13.8. The Morgan fingerprint density at radius 3 is 2.82 bits per heavy atom. The lowest BCUT2D eigenvalue weighted by molar-refractivity contribution is 0.0852. The zero-order chi connectivity index (χ0) is 15.2. The molecule has 116 valence electrons. The summed E-state index contributed by atoms with van der Waals surface area (Å²) in [5.74, 6) is 1.19. The number of nitrogen functional groups attached to an aromatic ring is 1. The maximum atomic E-state index is 13.9. The maximum absolute atomic E-state index is 13.9. The summed E-state index contributed by atoms with van der Waals surface area (Å²) in [6.45, 7) is 0.943. The van der Waals surface area contributed by atoms with Gasteiger partial charge < -0.3 is 11.1 Å². The molecular formula is C18H22FN3. The molecule has 2 fully saturated rings. The van der Waals surface area contributed by atoms with E-state index in [9.17, 15) is 4.39 Å². The molecule has 2 saturated carbocycles. The smallest absolute Gasteiger partial charge is 0.149 e. The highest BCUT2D eigenvalue weighted by atomic mass is 19.1. The summed E-state index contributed by atoms with van der Waals surface area (Å²) in [5, 5.41) is 4.84. The highest BCUT2D eigenvalue weighted by Gasteiger charge is 2.46. The zero-order valence-corrected chi connectivity index (χ0v) is 12.7. The molecular weight excluding hydrogens is 277 g/mol. The molecule has 0 radical (unpaired) electrons. The van der Waals surface area contributed by atoms with Gasteiger partial charge in [0.2, 0.25) is 0 Å². The van der Waals surface area contributed by atoms with Gasteiger partial charge in [-0.3, -0.25) is 0 Å². The van der Waals surface area contributed by atoms with Gasteiger partial charge in [0.1, 0.15) is 11.6 Å². The van der Waals surface area contributed by atoms with Gasteiger partial charge in [-0.2, -0.15) is 0 Å². The Labute approximate surface area is 130 Å². The Morgan fingerprint density at radius 1 is 1.23 bits per heavy atom. The maximum Gasteiger partial charge on any atom is 0.149 e. The van der Waals surface area contributed by atoms with Crippen LogP contribution < -0.4 is 11.1 Å². The molecule has 2 aliphatic carbocycles. The zero-order valence-electron chi connectivity index (χ0n) is 12.7. The summed E-state index contributed by atoms with van der Waals surface area (Å²) >= 11 is 0. The molecule has 2 aromatic rings. The largest absolute Gasteiger partial charge is 0.399 e. The monoisotopic (exact) mass is 299 g/mol. The molecule has 1 spiro atoms. The second-order valence-electron chi connectivity index (χ2n) is 6.95. The number of hydrogen-bond acceptors (Lipinski definition) is 3.